The first-order chi connectivity index (χ1) is 26.5. The van der Waals surface area contributed by atoms with E-state index in [0.717, 1.165) is 25.7 Å². The number of hydrogen-bond donors (Lipinski definition) is 3. The Bertz CT molecular complexity index is 1860. The number of ether oxygens (including phenoxy) is 3. The lowest BCUT2D eigenvalue weighted by atomic mass is 9.34. The maximum absolute atomic E-state index is 13.7. The first-order valence-electron chi connectivity index (χ1n) is 21.1. The molecule has 1 aliphatic heterocycles. The first-order valence-corrected chi connectivity index (χ1v) is 22.6. The van der Waals surface area contributed by atoms with Crippen molar-refractivity contribution in [1.29, 1.82) is 0 Å². The highest BCUT2D eigenvalue weighted by atomic mass is 32.2. The highest BCUT2D eigenvalue weighted by Gasteiger charge is 2.72. The van der Waals surface area contributed by atoms with Crippen molar-refractivity contribution in [2.45, 2.75) is 150 Å². The van der Waals surface area contributed by atoms with Crippen LogP contribution in [0, 0.1) is 70.5 Å². The van der Waals surface area contributed by atoms with Crippen molar-refractivity contribution >= 4 is 27.9 Å². The Morgan fingerprint density at radius 1 is 1.04 bits per heavy atom. The largest absolute Gasteiger partial charge is 0.481 e. The minimum Gasteiger partial charge on any atom is -0.481 e. The number of esters is 2. The Labute approximate surface area is 339 Å². The summed E-state index contributed by atoms with van der Waals surface area (Å²) in [4.78, 5) is 39.9. The summed E-state index contributed by atoms with van der Waals surface area (Å²) < 4.78 is 52.0. The second-order valence-electron chi connectivity index (χ2n) is 19.7. The number of rotatable bonds is 13. The third kappa shape index (κ3) is 6.99. The van der Waals surface area contributed by atoms with Crippen LogP contribution in [0.5, 0.6) is 0 Å². The van der Waals surface area contributed by atoms with Crippen molar-refractivity contribution in [2.75, 3.05) is 19.8 Å². The molecule has 2 bridgehead atoms. The number of unbranched alkanes of at least 4 members (excludes halogenated alkanes) is 1. The number of aliphatic carboxylic acids is 1. The molecule has 2 heterocycles. The molecule has 57 heavy (non-hydrogen) atoms. The third-order valence-corrected chi connectivity index (χ3v) is 18.1. The molecule has 5 aliphatic rings. The molecular weight excluding hydrogens is 751 g/mol. The average molecular weight is 818 g/mol. The second-order valence-corrected chi connectivity index (χ2v) is 21.4. The summed E-state index contributed by atoms with van der Waals surface area (Å²) in [7, 11) is -3.80. The van der Waals surface area contributed by atoms with Gasteiger partial charge in [0, 0.05) is 24.3 Å². The van der Waals surface area contributed by atoms with Gasteiger partial charge in [-0.1, -0.05) is 71.7 Å². The van der Waals surface area contributed by atoms with Crippen molar-refractivity contribution in [2.24, 2.45) is 62.4 Å². The fraction of sp³-hybridized carbons (Fsp3) is 0.814. The van der Waals surface area contributed by atoms with Crippen LogP contribution in [-0.2, 0) is 38.6 Å². The van der Waals surface area contributed by atoms with Crippen LogP contribution in [0.15, 0.2) is 21.1 Å². The zero-order chi connectivity index (χ0) is 42.1. The number of nitrogens with one attached hydrogen (secondary N) is 1. The minimum absolute atomic E-state index is 0.0304. The molecule has 1 saturated heterocycles. The summed E-state index contributed by atoms with van der Waals surface area (Å²) in [5.74, 6) is -1.24. The predicted octanol–water partition coefficient (Wildman–Crippen LogP) is 6.50. The van der Waals surface area contributed by atoms with Crippen LogP contribution in [0.4, 0.5) is 0 Å². The van der Waals surface area contributed by atoms with Gasteiger partial charge < -0.3 is 29.6 Å². The second kappa shape index (κ2) is 15.3. The van der Waals surface area contributed by atoms with Crippen LogP contribution < -0.4 is 10.5 Å². The summed E-state index contributed by atoms with van der Waals surface area (Å²) >= 11 is 0. The number of nitrogens with two attached hydrogens (primary N) is 1. The molecule has 320 valence electrons. The topological polar surface area (TPSA) is 197 Å². The Morgan fingerprint density at radius 2 is 1.74 bits per heavy atom. The van der Waals surface area contributed by atoms with E-state index in [1.54, 1.807) is 13.8 Å². The Hall–Kier alpha value is -2.81. The highest BCUT2D eigenvalue weighted by molar-refractivity contribution is 7.89. The van der Waals surface area contributed by atoms with E-state index in [1.807, 2.05) is 0 Å². The van der Waals surface area contributed by atoms with Gasteiger partial charge in [0.1, 0.15) is 28.8 Å². The molecule has 0 amide bonds. The highest BCUT2D eigenvalue weighted by Crippen LogP contribution is 2.75. The molecule has 0 spiro atoms. The molecule has 6 rings (SSSR count). The molecule has 4 N–H and O–H groups in total. The van der Waals surface area contributed by atoms with Crippen LogP contribution in [-0.4, -0.2) is 74.6 Å². The first kappa shape index (κ1) is 43.8. The van der Waals surface area contributed by atoms with E-state index < -0.39 is 68.3 Å². The number of carbonyl (C=O) groups excluding carboxylic acids is 2. The van der Waals surface area contributed by atoms with Crippen LogP contribution >= 0.6 is 0 Å². The van der Waals surface area contributed by atoms with Crippen LogP contribution in [0.25, 0.3) is 0 Å². The average Bonchev–Trinajstić information content (AvgIpc) is 3.47. The number of carboxylic acid groups (broad SMARTS) is 1. The lowest BCUT2D eigenvalue weighted by molar-refractivity contribution is -0.263. The van der Waals surface area contributed by atoms with Crippen LogP contribution in [0.3, 0.4) is 0 Å². The summed E-state index contributed by atoms with van der Waals surface area (Å²) in [5, 5.41) is 14.7. The molecule has 12 atom stereocenters. The fourth-order valence-electron chi connectivity index (χ4n) is 13.1. The van der Waals surface area contributed by atoms with Crippen molar-refractivity contribution in [1.82, 2.24) is 9.88 Å². The summed E-state index contributed by atoms with van der Waals surface area (Å²) in [5.41, 5.74) is 5.76. The smallest absolute Gasteiger partial charge is 0.323 e. The minimum atomic E-state index is -3.80. The van der Waals surface area contributed by atoms with Gasteiger partial charge in [-0.15, -0.1) is 0 Å². The predicted molar refractivity (Wildman–Crippen MR) is 212 cm³/mol. The van der Waals surface area contributed by atoms with E-state index in [1.165, 1.54) is 12.5 Å². The SMILES string of the molecule is CC(=O)O[C@@H]1C[C@]23COC[C@](C)([C@@H]2CC[C@H]2C3=CC[C@@]3(C)[C@H](C(=O)O)[C@@](C)([C@H](C)C(C)C)CC[C@]23C)[C@H]1OC(=O)C(N)CCCCNS(=O)(=O)c1c(C)noc1C. The van der Waals surface area contributed by atoms with E-state index in [0.29, 0.717) is 44.8 Å². The van der Waals surface area contributed by atoms with Gasteiger partial charge >= 0.3 is 17.9 Å². The molecule has 1 aromatic heterocycles. The van der Waals surface area contributed by atoms with Crippen molar-refractivity contribution < 1.29 is 46.6 Å². The molecule has 4 fully saturated rings. The standard InChI is InChI=1S/C43H67N3O10S/c1-24(2)25(3)39(7)18-19-41(9)29-14-15-33-40(8)22-53-23-43(33,30(29)16-17-42(41,10)35(39)37(48)49)21-32(54-28(6)47)36(40)55-38(50)31(44)13-11-12-20-45-57(51,52)34-26(4)46-56-27(34)5/h16,24-25,29,31-33,35-36,45H,11-15,17-23,44H2,1-10H3,(H,48,49)/t25-,29+,31?,32-,33+,35-,36+,39-,40-,41-,42+,43-/m1/s1. The number of allylic oxidation sites excluding steroid dienone is 1. The van der Waals surface area contributed by atoms with Gasteiger partial charge in [0.15, 0.2) is 5.76 Å². The van der Waals surface area contributed by atoms with Crippen LogP contribution in [0.2, 0.25) is 0 Å². The van der Waals surface area contributed by atoms with Crippen molar-refractivity contribution in [3.8, 4) is 0 Å². The molecule has 1 unspecified atom stereocenters. The molecule has 0 aromatic carbocycles. The lowest BCUT2D eigenvalue weighted by Crippen LogP contribution is -2.70. The van der Waals surface area contributed by atoms with E-state index in [4.69, 9.17) is 24.5 Å². The fourth-order valence-corrected chi connectivity index (χ4v) is 14.5. The maximum atomic E-state index is 13.7. The number of aromatic nitrogens is 1. The van der Waals surface area contributed by atoms with Gasteiger partial charge in [0.25, 0.3) is 0 Å². The molecule has 14 heteroatoms. The maximum Gasteiger partial charge on any atom is 0.323 e. The summed E-state index contributed by atoms with van der Waals surface area (Å²) in [6, 6.07) is -0.964. The Morgan fingerprint density at radius 3 is 2.35 bits per heavy atom. The van der Waals surface area contributed by atoms with Crippen LogP contribution in [0.1, 0.15) is 125 Å². The number of fused-ring (bicyclic) bond motifs is 3. The molecule has 3 saturated carbocycles. The van der Waals surface area contributed by atoms with Crippen molar-refractivity contribution in [3.63, 3.8) is 0 Å². The third-order valence-electron chi connectivity index (χ3n) is 16.4. The van der Waals surface area contributed by atoms with Gasteiger partial charge in [-0.25, -0.2) is 13.1 Å². The van der Waals surface area contributed by atoms with E-state index in [2.05, 4.69) is 64.4 Å². The monoisotopic (exact) mass is 817 g/mol. The van der Waals surface area contributed by atoms with E-state index >= 15 is 0 Å². The van der Waals surface area contributed by atoms with Gasteiger partial charge in [-0.3, -0.25) is 14.4 Å². The number of carboxylic acids is 1. The van der Waals surface area contributed by atoms with Gasteiger partial charge in [-0.05, 0) is 105 Å². The zero-order valence-electron chi connectivity index (χ0n) is 35.7. The number of hydrogen-bond acceptors (Lipinski definition) is 11. The quantitative estimate of drug-likeness (QED) is 0.111. The summed E-state index contributed by atoms with van der Waals surface area (Å²) in [6.07, 6.45) is 6.61. The Balaban J connectivity index is 1.21. The molecular formula is C43H67N3O10S. The number of carbonyl (C=O) groups is 3. The van der Waals surface area contributed by atoms with Crippen molar-refractivity contribution in [3.05, 3.63) is 23.1 Å². The summed E-state index contributed by atoms with van der Waals surface area (Å²) in [6.45, 7) is 20.9. The number of nitrogens with zero attached hydrogens (tertiary/aromatic N) is 1. The van der Waals surface area contributed by atoms with E-state index in [9.17, 15) is 27.9 Å². The molecule has 4 aliphatic carbocycles. The Kier molecular flexibility index (Phi) is 11.8. The molecule has 13 nitrogen and oxygen atoms in total. The normalized spacial score (nSPS) is 38.5. The zero-order valence-corrected chi connectivity index (χ0v) is 36.6. The van der Waals surface area contributed by atoms with Gasteiger partial charge in [-0.2, -0.15) is 0 Å². The number of aryl methyl sites for hydroxylation is 2. The van der Waals surface area contributed by atoms with Gasteiger partial charge in [0.2, 0.25) is 10.0 Å². The molecule has 1 aromatic rings. The van der Waals surface area contributed by atoms with E-state index in [-0.39, 0.29) is 57.9 Å². The lowest BCUT2D eigenvalue weighted by Gasteiger charge is -2.71. The number of sulfonamides is 1. The molecule has 0 radical (unpaired) electrons. The van der Waals surface area contributed by atoms with Gasteiger partial charge in [0.05, 0.1) is 19.1 Å².